The van der Waals surface area contributed by atoms with Gasteiger partial charge in [0.2, 0.25) is 5.16 Å². The van der Waals surface area contributed by atoms with Crippen LogP contribution in [0.5, 0.6) is 0 Å². The van der Waals surface area contributed by atoms with Gasteiger partial charge in [-0.3, -0.25) is 14.9 Å². The zero-order valence-electron chi connectivity index (χ0n) is 11.4. The molecule has 0 bridgehead atoms. The van der Waals surface area contributed by atoms with Gasteiger partial charge in [0, 0.05) is 19.2 Å². The Labute approximate surface area is 128 Å². The number of nitrogens with one attached hydrogen (secondary N) is 1. The van der Waals surface area contributed by atoms with E-state index in [4.69, 9.17) is 0 Å². The fourth-order valence-corrected chi connectivity index (χ4v) is 2.01. The molecule has 1 aromatic heterocycles. The molecule has 1 amide bonds. The van der Waals surface area contributed by atoms with E-state index in [0.29, 0.717) is 10.7 Å². The maximum Gasteiger partial charge on any atom is 0.269 e. The lowest BCUT2D eigenvalue weighted by Crippen LogP contribution is -2.19. The average Bonchev–Trinajstić information content (AvgIpc) is 2.91. The molecule has 0 radical (unpaired) electrons. The fourth-order valence-electron chi connectivity index (χ4n) is 1.37. The second kappa shape index (κ2) is 7.26. The number of nitro groups is 1. The van der Waals surface area contributed by atoms with Gasteiger partial charge in [-0.1, -0.05) is 11.8 Å². The molecule has 0 fully saturated rings. The smallest absolute Gasteiger partial charge is 0.269 e. The molecule has 1 N–H and O–H groups in total. The van der Waals surface area contributed by atoms with Gasteiger partial charge in [-0.05, 0) is 28.1 Å². The SMILES string of the molecule is Cn1nnnc1SCC(=O)N/N=C/c1ccc([N+](=O)[O-])cc1. The maximum absolute atomic E-state index is 11.6. The van der Waals surface area contributed by atoms with Gasteiger partial charge in [-0.25, -0.2) is 10.1 Å². The molecule has 0 unspecified atom stereocenters. The molecule has 114 valence electrons. The van der Waals surface area contributed by atoms with Crippen LogP contribution in [0.3, 0.4) is 0 Å². The number of rotatable bonds is 6. The maximum atomic E-state index is 11.6. The number of aryl methyl sites for hydroxylation is 1. The van der Waals surface area contributed by atoms with E-state index in [0.717, 1.165) is 0 Å². The third-order valence-electron chi connectivity index (χ3n) is 2.42. The van der Waals surface area contributed by atoms with Gasteiger partial charge in [0.25, 0.3) is 11.6 Å². The van der Waals surface area contributed by atoms with Crippen molar-refractivity contribution in [2.24, 2.45) is 12.1 Å². The lowest BCUT2D eigenvalue weighted by molar-refractivity contribution is -0.384. The number of amides is 1. The number of tetrazole rings is 1. The van der Waals surface area contributed by atoms with Crippen molar-refractivity contribution >= 4 is 29.6 Å². The van der Waals surface area contributed by atoms with Crippen molar-refractivity contribution in [3.05, 3.63) is 39.9 Å². The summed E-state index contributed by atoms with van der Waals surface area (Å²) in [5, 5.41) is 25.6. The summed E-state index contributed by atoms with van der Waals surface area (Å²) in [6, 6.07) is 5.79. The highest BCUT2D eigenvalue weighted by atomic mass is 32.2. The van der Waals surface area contributed by atoms with Crippen LogP contribution in [-0.4, -0.2) is 43.0 Å². The lowest BCUT2D eigenvalue weighted by Gasteiger charge is -1.99. The van der Waals surface area contributed by atoms with E-state index in [9.17, 15) is 14.9 Å². The summed E-state index contributed by atoms with van der Waals surface area (Å²) in [6.45, 7) is 0. The van der Waals surface area contributed by atoms with Crippen molar-refractivity contribution in [3.8, 4) is 0 Å². The summed E-state index contributed by atoms with van der Waals surface area (Å²) in [5.74, 6) is -0.197. The number of carbonyl (C=O) groups excluding carboxylic acids is 1. The molecule has 0 aliphatic carbocycles. The van der Waals surface area contributed by atoms with E-state index in [2.05, 4.69) is 26.1 Å². The Morgan fingerprint density at radius 1 is 1.50 bits per heavy atom. The number of hydrogen-bond donors (Lipinski definition) is 1. The van der Waals surface area contributed by atoms with Crippen molar-refractivity contribution in [2.75, 3.05) is 5.75 Å². The van der Waals surface area contributed by atoms with Crippen LogP contribution in [0.1, 0.15) is 5.56 Å². The molecule has 22 heavy (non-hydrogen) atoms. The van der Waals surface area contributed by atoms with Crippen LogP contribution < -0.4 is 5.43 Å². The molecule has 0 aliphatic heterocycles. The molecule has 2 rings (SSSR count). The number of carbonyl (C=O) groups is 1. The first-order chi connectivity index (χ1) is 10.6. The topological polar surface area (TPSA) is 128 Å². The number of hydrogen-bond acceptors (Lipinski definition) is 8. The van der Waals surface area contributed by atoms with Crippen LogP contribution in [0.25, 0.3) is 0 Å². The average molecular weight is 321 g/mol. The summed E-state index contributed by atoms with van der Waals surface area (Å²) in [6.07, 6.45) is 1.40. The third-order valence-corrected chi connectivity index (χ3v) is 3.43. The second-order valence-electron chi connectivity index (χ2n) is 4.02. The number of nitrogens with zero attached hydrogens (tertiary/aromatic N) is 6. The zero-order chi connectivity index (χ0) is 15.9. The van der Waals surface area contributed by atoms with Gasteiger partial charge in [-0.15, -0.1) is 5.10 Å². The first-order valence-electron chi connectivity index (χ1n) is 5.98. The Morgan fingerprint density at radius 3 is 2.82 bits per heavy atom. The van der Waals surface area contributed by atoms with Crippen molar-refractivity contribution in [3.63, 3.8) is 0 Å². The summed E-state index contributed by atoms with van der Waals surface area (Å²) >= 11 is 1.18. The molecule has 1 aromatic carbocycles. The van der Waals surface area contributed by atoms with Gasteiger partial charge in [-0.2, -0.15) is 5.10 Å². The van der Waals surface area contributed by atoms with Crippen LogP contribution in [0.2, 0.25) is 0 Å². The normalized spacial score (nSPS) is 10.8. The molecular formula is C11H11N7O3S. The highest BCUT2D eigenvalue weighted by Crippen LogP contribution is 2.11. The minimum atomic E-state index is -0.485. The Morgan fingerprint density at radius 2 is 2.23 bits per heavy atom. The summed E-state index contributed by atoms with van der Waals surface area (Å²) in [7, 11) is 1.67. The standard InChI is InChI=1S/C11H11N7O3S/c1-17-11(14-15-16-17)22-7-10(19)13-12-6-8-2-4-9(5-3-8)18(20)21/h2-6H,7H2,1H3,(H,13,19)/b12-6+. The number of non-ortho nitro benzene ring substituents is 1. The molecule has 0 saturated heterocycles. The molecule has 0 spiro atoms. The third kappa shape index (κ3) is 4.34. The van der Waals surface area contributed by atoms with Crippen molar-refractivity contribution in [1.29, 1.82) is 0 Å². The Bertz CT molecular complexity index is 698. The Balaban J connectivity index is 1.80. The monoisotopic (exact) mass is 321 g/mol. The largest absolute Gasteiger partial charge is 0.272 e. The second-order valence-corrected chi connectivity index (χ2v) is 4.96. The highest BCUT2D eigenvalue weighted by molar-refractivity contribution is 7.99. The summed E-state index contributed by atoms with van der Waals surface area (Å²) < 4.78 is 1.46. The van der Waals surface area contributed by atoms with E-state index in [-0.39, 0.29) is 17.3 Å². The predicted octanol–water partition coefficient (Wildman–Crippen LogP) is 0.361. The molecule has 2 aromatic rings. The zero-order valence-corrected chi connectivity index (χ0v) is 12.2. The number of thioether (sulfide) groups is 1. The van der Waals surface area contributed by atoms with E-state index >= 15 is 0 Å². The molecule has 0 aliphatic rings. The van der Waals surface area contributed by atoms with E-state index in [1.54, 1.807) is 7.05 Å². The quantitative estimate of drug-likeness (QED) is 0.352. The summed E-state index contributed by atoms with van der Waals surface area (Å²) in [4.78, 5) is 21.6. The number of aromatic nitrogens is 4. The molecule has 11 heteroatoms. The first-order valence-corrected chi connectivity index (χ1v) is 6.96. The van der Waals surface area contributed by atoms with Crippen LogP contribution in [0.4, 0.5) is 5.69 Å². The first kappa shape index (κ1) is 15.6. The Kier molecular flexibility index (Phi) is 5.14. The van der Waals surface area contributed by atoms with E-state index in [1.807, 2.05) is 0 Å². The van der Waals surface area contributed by atoms with Crippen LogP contribution in [0, 0.1) is 10.1 Å². The Hall–Kier alpha value is -2.82. The molecular weight excluding hydrogens is 310 g/mol. The summed E-state index contributed by atoms with van der Waals surface area (Å²) in [5.41, 5.74) is 2.98. The number of nitro benzene ring substituents is 1. The minimum absolute atomic E-state index is 0.00475. The van der Waals surface area contributed by atoms with Crippen LogP contribution in [0.15, 0.2) is 34.5 Å². The van der Waals surface area contributed by atoms with Gasteiger partial charge in [0.15, 0.2) is 0 Å². The predicted molar refractivity (Wildman–Crippen MR) is 78.4 cm³/mol. The van der Waals surface area contributed by atoms with E-state index in [1.165, 1.54) is 46.9 Å². The van der Waals surface area contributed by atoms with Crippen LogP contribution in [-0.2, 0) is 11.8 Å². The molecule has 0 atom stereocenters. The minimum Gasteiger partial charge on any atom is -0.272 e. The van der Waals surface area contributed by atoms with Gasteiger partial charge in [0.1, 0.15) is 0 Å². The number of hydrazone groups is 1. The van der Waals surface area contributed by atoms with Gasteiger partial charge < -0.3 is 0 Å². The molecule has 10 nitrogen and oxygen atoms in total. The van der Waals surface area contributed by atoms with Gasteiger partial charge >= 0.3 is 0 Å². The van der Waals surface area contributed by atoms with E-state index < -0.39 is 4.92 Å². The lowest BCUT2D eigenvalue weighted by atomic mass is 10.2. The van der Waals surface area contributed by atoms with Crippen molar-refractivity contribution < 1.29 is 9.72 Å². The van der Waals surface area contributed by atoms with Crippen LogP contribution >= 0.6 is 11.8 Å². The highest BCUT2D eigenvalue weighted by Gasteiger charge is 2.07. The molecule has 0 saturated carbocycles. The molecule has 1 heterocycles. The van der Waals surface area contributed by atoms with Crippen molar-refractivity contribution in [2.45, 2.75) is 5.16 Å². The number of benzene rings is 1. The van der Waals surface area contributed by atoms with Gasteiger partial charge in [0.05, 0.1) is 16.9 Å². The van der Waals surface area contributed by atoms with Crippen molar-refractivity contribution in [1.82, 2.24) is 25.6 Å². The fraction of sp³-hybridized carbons (Fsp3) is 0.182.